The van der Waals surface area contributed by atoms with Gasteiger partial charge in [-0.05, 0) is 24.6 Å². The Labute approximate surface area is 88.1 Å². The van der Waals surface area contributed by atoms with Crippen molar-refractivity contribution in [3.63, 3.8) is 0 Å². The minimum absolute atomic E-state index is 0.204. The van der Waals surface area contributed by atoms with Gasteiger partial charge >= 0.3 is 0 Å². The van der Waals surface area contributed by atoms with Crippen molar-refractivity contribution < 1.29 is 4.39 Å². The van der Waals surface area contributed by atoms with Crippen LogP contribution in [-0.4, -0.2) is 6.04 Å². The van der Waals surface area contributed by atoms with Crippen LogP contribution in [0.4, 0.5) is 4.39 Å². The highest BCUT2D eigenvalue weighted by Gasteiger charge is 1.99. The molecule has 14 heavy (non-hydrogen) atoms. The van der Waals surface area contributed by atoms with E-state index in [0.29, 0.717) is 10.6 Å². The van der Waals surface area contributed by atoms with Crippen molar-refractivity contribution in [3.8, 4) is 11.8 Å². The summed E-state index contributed by atoms with van der Waals surface area (Å²) in [6.07, 6.45) is 0.752. The number of hydrogen-bond acceptors (Lipinski definition) is 1. The Morgan fingerprint density at radius 1 is 1.57 bits per heavy atom. The van der Waals surface area contributed by atoms with E-state index in [1.165, 1.54) is 6.07 Å². The molecule has 0 aliphatic rings. The van der Waals surface area contributed by atoms with E-state index in [-0.39, 0.29) is 6.04 Å². The number of benzene rings is 1. The third kappa shape index (κ3) is 3.02. The average Bonchev–Trinajstić information content (AvgIpc) is 2.16. The van der Waals surface area contributed by atoms with Crippen molar-refractivity contribution >= 4 is 11.6 Å². The molecule has 0 aliphatic heterocycles. The lowest BCUT2D eigenvalue weighted by molar-refractivity contribution is 0.624. The van der Waals surface area contributed by atoms with Gasteiger partial charge in [-0.3, -0.25) is 0 Å². The second-order valence-corrected chi connectivity index (χ2v) is 3.34. The first-order valence-corrected chi connectivity index (χ1v) is 4.73. The van der Waals surface area contributed by atoms with E-state index in [9.17, 15) is 4.39 Å². The highest BCUT2D eigenvalue weighted by molar-refractivity contribution is 6.30. The van der Waals surface area contributed by atoms with Gasteiger partial charge in [-0.25, -0.2) is 4.39 Å². The van der Waals surface area contributed by atoms with Gasteiger partial charge < -0.3 is 5.73 Å². The standard InChI is InChI=1S/C11H11ClFN/c1-2-10(14)6-4-8-3-5-9(12)7-11(8)13/h3,5,7,10H,2,14H2,1H3. The second-order valence-electron chi connectivity index (χ2n) is 2.91. The first-order chi connectivity index (χ1) is 6.63. The summed E-state index contributed by atoms with van der Waals surface area (Å²) in [6.45, 7) is 1.93. The summed E-state index contributed by atoms with van der Waals surface area (Å²) in [5, 5.41) is 0.368. The number of halogens is 2. The smallest absolute Gasteiger partial charge is 0.140 e. The van der Waals surface area contributed by atoms with Crippen LogP contribution in [0, 0.1) is 17.7 Å². The Kier molecular flexibility index (Phi) is 3.94. The number of hydrogen-bond donors (Lipinski definition) is 1. The van der Waals surface area contributed by atoms with Gasteiger partial charge in [0.15, 0.2) is 0 Å². The van der Waals surface area contributed by atoms with Crippen LogP contribution in [0.1, 0.15) is 18.9 Å². The second kappa shape index (κ2) is 4.99. The van der Waals surface area contributed by atoms with Gasteiger partial charge in [0, 0.05) is 5.02 Å². The first-order valence-electron chi connectivity index (χ1n) is 4.35. The monoisotopic (exact) mass is 211 g/mol. The Balaban J connectivity index is 2.90. The van der Waals surface area contributed by atoms with Gasteiger partial charge in [-0.1, -0.05) is 30.4 Å². The fourth-order valence-electron chi connectivity index (χ4n) is 0.863. The number of nitrogens with two attached hydrogens (primary N) is 1. The maximum absolute atomic E-state index is 13.2. The van der Waals surface area contributed by atoms with Crippen LogP contribution in [0.3, 0.4) is 0 Å². The van der Waals surface area contributed by atoms with Crippen LogP contribution in [0.2, 0.25) is 5.02 Å². The minimum atomic E-state index is -0.409. The molecule has 0 heterocycles. The molecular formula is C11H11ClFN. The van der Waals surface area contributed by atoms with Crippen molar-refractivity contribution in [2.75, 3.05) is 0 Å². The zero-order valence-electron chi connectivity index (χ0n) is 7.85. The topological polar surface area (TPSA) is 26.0 Å². The molecule has 0 spiro atoms. The Hall–Kier alpha value is -1.04. The quantitative estimate of drug-likeness (QED) is 0.710. The lowest BCUT2D eigenvalue weighted by atomic mass is 10.2. The fraction of sp³-hybridized carbons (Fsp3) is 0.273. The van der Waals surface area contributed by atoms with E-state index in [0.717, 1.165) is 6.42 Å². The highest BCUT2D eigenvalue weighted by atomic mass is 35.5. The molecule has 1 unspecified atom stereocenters. The van der Waals surface area contributed by atoms with Gasteiger partial charge in [0.05, 0.1) is 11.6 Å². The predicted octanol–water partition coefficient (Wildman–Crippen LogP) is 2.57. The minimum Gasteiger partial charge on any atom is -0.318 e. The molecule has 1 nitrogen and oxygen atoms in total. The molecule has 1 aromatic carbocycles. The van der Waals surface area contributed by atoms with Crippen LogP contribution in [0.5, 0.6) is 0 Å². The van der Waals surface area contributed by atoms with E-state index in [1.54, 1.807) is 12.1 Å². The van der Waals surface area contributed by atoms with Crippen LogP contribution in [-0.2, 0) is 0 Å². The van der Waals surface area contributed by atoms with Gasteiger partial charge in [-0.15, -0.1) is 0 Å². The molecular weight excluding hydrogens is 201 g/mol. The van der Waals surface area contributed by atoms with Gasteiger partial charge in [0.2, 0.25) is 0 Å². The van der Waals surface area contributed by atoms with Crippen molar-refractivity contribution in [2.24, 2.45) is 5.73 Å². The summed E-state index contributed by atoms with van der Waals surface area (Å²) in [6, 6.07) is 4.19. The lowest BCUT2D eigenvalue weighted by Gasteiger charge is -1.97. The summed E-state index contributed by atoms with van der Waals surface area (Å²) >= 11 is 5.59. The Morgan fingerprint density at radius 3 is 2.86 bits per heavy atom. The first kappa shape index (κ1) is 11.0. The third-order valence-corrected chi connectivity index (χ3v) is 2.00. The SMILES string of the molecule is CCC(N)C#Cc1ccc(Cl)cc1F. The van der Waals surface area contributed by atoms with E-state index < -0.39 is 5.82 Å². The van der Waals surface area contributed by atoms with Crippen LogP contribution in [0.15, 0.2) is 18.2 Å². The van der Waals surface area contributed by atoms with Gasteiger partial charge in [0.25, 0.3) is 0 Å². The molecule has 1 atom stereocenters. The predicted molar refractivity (Wildman–Crippen MR) is 56.6 cm³/mol. The Morgan fingerprint density at radius 2 is 2.29 bits per heavy atom. The molecule has 0 amide bonds. The fourth-order valence-corrected chi connectivity index (χ4v) is 1.02. The molecule has 0 aromatic heterocycles. The molecule has 0 aliphatic carbocycles. The van der Waals surface area contributed by atoms with E-state index in [2.05, 4.69) is 11.8 Å². The normalized spacial score (nSPS) is 11.7. The van der Waals surface area contributed by atoms with Crippen molar-refractivity contribution in [2.45, 2.75) is 19.4 Å². The summed E-state index contributed by atoms with van der Waals surface area (Å²) < 4.78 is 13.2. The molecule has 74 valence electrons. The molecule has 1 aromatic rings. The third-order valence-electron chi connectivity index (χ3n) is 1.76. The summed E-state index contributed by atoms with van der Waals surface area (Å²) in [5.41, 5.74) is 5.91. The van der Waals surface area contributed by atoms with Crippen molar-refractivity contribution in [1.82, 2.24) is 0 Å². The Bertz CT molecular complexity index is 379. The maximum Gasteiger partial charge on any atom is 0.140 e. The van der Waals surface area contributed by atoms with Crippen molar-refractivity contribution in [3.05, 3.63) is 34.6 Å². The summed E-state index contributed by atoms with van der Waals surface area (Å²) in [7, 11) is 0. The molecule has 0 radical (unpaired) electrons. The van der Waals surface area contributed by atoms with Crippen LogP contribution >= 0.6 is 11.6 Å². The van der Waals surface area contributed by atoms with Crippen LogP contribution < -0.4 is 5.73 Å². The molecule has 0 saturated heterocycles. The zero-order valence-corrected chi connectivity index (χ0v) is 8.61. The maximum atomic E-state index is 13.2. The van der Waals surface area contributed by atoms with E-state index in [1.807, 2.05) is 6.92 Å². The summed E-state index contributed by atoms with van der Waals surface area (Å²) in [5.74, 6) is 5.03. The van der Waals surface area contributed by atoms with E-state index >= 15 is 0 Å². The largest absolute Gasteiger partial charge is 0.318 e. The van der Waals surface area contributed by atoms with Gasteiger partial charge in [-0.2, -0.15) is 0 Å². The van der Waals surface area contributed by atoms with E-state index in [4.69, 9.17) is 17.3 Å². The molecule has 0 saturated carbocycles. The molecule has 0 bridgehead atoms. The van der Waals surface area contributed by atoms with Crippen molar-refractivity contribution in [1.29, 1.82) is 0 Å². The molecule has 1 rings (SSSR count). The van der Waals surface area contributed by atoms with Gasteiger partial charge in [0.1, 0.15) is 5.82 Å². The zero-order chi connectivity index (χ0) is 10.6. The average molecular weight is 212 g/mol. The summed E-state index contributed by atoms with van der Waals surface area (Å²) in [4.78, 5) is 0. The van der Waals surface area contributed by atoms with Crippen LogP contribution in [0.25, 0.3) is 0 Å². The highest BCUT2D eigenvalue weighted by Crippen LogP contribution is 2.13. The number of rotatable bonds is 1. The molecule has 2 N–H and O–H groups in total. The molecule has 0 fully saturated rings. The lowest BCUT2D eigenvalue weighted by Crippen LogP contribution is -2.15. The molecule has 3 heteroatoms.